The van der Waals surface area contributed by atoms with Crippen LogP contribution in [0.1, 0.15) is 18.9 Å². The maximum absolute atomic E-state index is 12.4. The first kappa shape index (κ1) is 15.4. The van der Waals surface area contributed by atoms with E-state index >= 15 is 0 Å². The Bertz CT molecular complexity index is 697. The fraction of sp³-hybridized carbons (Fsp3) is 0.353. The zero-order valence-corrected chi connectivity index (χ0v) is 13.1. The van der Waals surface area contributed by atoms with E-state index in [2.05, 4.69) is 10.3 Å². The molecule has 120 valence electrons. The molecule has 6 heteroatoms. The van der Waals surface area contributed by atoms with Crippen molar-refractivity contribution >= 4 is 11.5 Å². The number of hydrogen-bond donors (Lipinski definition) is 1. The first-order chi connectivity index (χ1) is 11.1. The quantitative estimate of drug-likeness (QED) is 0.865. The van der Waals surface area contributed by atoms with Crippen LogP contribution < -0.4 is 0 Å². The summed E-state index contributed by atoms with van der Waals surface area (Å²) in [5.41, 5.74) is 0.998. The van der Waals surface area contributed by atoms with Gasteiger partial charge in [-0.3, -0.25) is 4.79 Å². The second-order valence-corrected chi connectivity index (χ2v) is 6.03. The summed E-state index contributed by atoms with van der Waals surface area (Å²) in [6.45, 7) is 3.12. The highest BCUT2D eigenvalue weighted by Crippen LogP contribution is 2.24. The molecule has 1 aliphatic heterocycles. The number of likely N-dealkylation sites (tertiary alicyclic amines) is 1. The zero-order valence-electron chi connectivity index (χ0n) is 13.1. The number of rotatable bonds is 4. The normalized spacial score (nSPS) is 21.7. The van der Waals surface area contributed by atoms with E-state index in [1.807, 2.05) is 37.3 Å². The van der Waals surface area contributed by atoms with Crippen LogP contribution in [0, 0.1) is 0 Å². The van der Waals surface area contributed by atoms with Gasteiger partial charge in [0, 0.05) is 18.8 Å². The lowest BCUT2D eigenvalue weighted by Gasteiger charge is -2.22. The van der Waals surface area contributed by atoms with Crippen LogP contribution >= 0.6 is 0 Å². The molecule has 3 rings (SSSR count). The van der Waals surface area contributed by atoms with Crippen LogP contribution in [-0.2, 0) is 11.3 Å². The molecule has 1 amide bonds. The number of nitrogens with zero attached hydrogens (tertiary/aromatic N) is 4. The van der Waals surface area contributed by atoms with E-state index < -0.39 is 5.60 Å². The van der Waals surface area contributed by atoms with Gasteiger partial charge in [0.15, 0.2) is 0 Å². The van der Waals surface area contributed by atoms with Gasteiger partial charge in [-0.25, -0.2) is 4.68 Å². The predicted octanol–water partition coefficient (Wildman–Crippen LogP) is 1.34. The maximum Gasteiger partial charge on any atom is 0.246 e. The van der Waals surface area contributed by atoms with Crippen LogP contribution in [0.25, 0.3) is 5.57 Å². The van der Waals surface area contributed by atoms with Crippen molar-refractivity contribution in [3.63, 3.8) is 0 Å². The Kier molecular flexibility index (Phi) is 4.25. The van der Waals surface area contributed by atoms with Gasteiger partial charge in [0.25, 0.3) is 0 Å². The minimum Gasteiger partial charge on any atom is -0.386 e. The number of carbonyl (C=O) groups is 1. The molecule has 1 atom stereocenters. The van der Waals surface area contributed by atoms with E-state index in [1.54, 1.807) is 28.1 Å². The summed E-state index contributed by atoms with van der Waals surface area (Å²) in [5, 5.41) is 18.2. The number of β-amino-alcohol motifs (C(OH)–C–C–N with tert-alkyl or cyclic N) is 1. The van der Waals surface area contributed by atoms with Crippen molar-refractivity contribution in [3.05, 3.63) is 54.4 Å². The average Bonchev–Trinajstić information content (AvgIpc) is 3.18. The predicted molar refractivity (Wildman–Crippen MR) is 86.3 cm³/mol. The number of allylic oxidation sites excluding steroid dienone is 1. The fourth-order valence-corrected chi connectivity index (χ4v) is 2.85. The molecule has 1 aliphatic rings. The van der Waals surface area contributed by atoms with E-state index in [-0.39, 0.29) is 5.91 Å². The molecular weight excluding hydrogens is 292 g/mol. The van der Waals surface area contributed by atoms with Crippen molar-refractivity contribution in [2.24, 2.45) is 0 Å². The van der Waals surface area contributed by atoms with Crippen LogP contribution in [0.4, 0.5) is 0 Å². The molecule has 1 fully saturated rings. The van der Waals surface area contributed by atoms with Gasteiger partial charge in [-0.1, -0.05) is 35.5 Å². The highest BCUT2D eigenvalue weighted by molar-refractivity contribution is 5.95. The van der Waals surface area contributed by atoms with Crippen molar-refractivity contribution in [1.29, 1.82) is 0 Å². The first-order valence-corrected chi connectivity index (χ1v) is 7.65. The summed E-state index contributed by atoms with van der Waals surface area (Å²) >= 11 is 0. The summed E-state index contributed by atoms with van der Waals surface area (Å²) in [6, 6.07) is 9.80. The summed E-state index contributed by atoms with van der Waals surface area (Å²) < 4.78 is 1.60. The molecule has 0 bridgehead atoms. The van der Waals surface area contributed by atoms with E-state index in [9.17, 15) is 9.90 Å². The van der Waals surface area contributed by atoms with Crippen molar-refractivity contribution < 1.29 is 9.90 Å². The van der Waals surface area contributed by atoms with Gasteiger partial charge in [-0.2, -0.15) is 0 Å². The van der Waals surface area contributed by atoms with Crippen molar-refractivity contribution in [2.45, 2.75) is 25.5 Å². The Labute approximate surface area is 135 Å². The number of hydrogen-bond acceptors (Lipinski definition) is 4. The molecule has 1 N–H and O–H groups in total. The summed E-state index contributed by atoms with van der Waals surface area (Å²) in [5.74, 6) is -0.0686. The monoisotopic (exact) mass is 312 g/mol. The third-order valence-electron chi connectivity index (χ3n) is 4.14. The fourth-order valence-electron chi connectivity index (χ4n) is 2.85. The molecule has 1 unspecified atom stereocenters. The first-order valence-electron chi connectivity index (χ1n) is 7.65. The van der Waals surface area contributed by atoms with Crippen LogP contribution in [0.3, 0.4) is 0 Å². The molecule has 23 heavy (non-hydrogen) atoms. The van der Waals surface area contributed by atoms with E-state index in [1.165, 1.54) is 0 Å². The highest BCUT2D eigenvalue weighted by atomic mass is 16.3. The number of aromatic nitrogens is 3. The van der Waals surface area contributed by atoms with E-state index in [0.717, 1.165) is 11.1 Å². The minimum absolute atomic E-state index is 0.0686. The molecule has 1 aromatic heterocycles. The second kappa shape index (κ2) is 6.34. The lowest BCUT2D eigenvalue weighted by Crippen LogP contribution is -2.39. The largest absolute Gasteiger partial charge is 0.386 e. The summed E-state index contributed by atoms with van der Waals surface area (Å²) in [6.07, 6.45) is 5.46. The highest BCUT2D eigenvalue weighted by Gasteiger charge is 2.38. The van der Waals surface area contributed by atoms with E-state index in [0.29, 0.717) is 26.1 Å². The standard InChI is InChI=1S/C17H20N4O2/c1-14(15-5-3-2-4-6-15)11-16(22)20-9-7-17(23,12-20)13-21-10-8-18-19-21/h2-6,8,10-11,23H,7,9,12-13H2,1H3/b14-11+. The molecule has 1 saturated heterocycles. The molecular formula is C17H20N4O2. The van der Waals surface area contributed by atoms with Gasteiger partial charge in [-0.05, 0) is 24.5 Å². The number of amides is 1. The smallest absolute Gasteiger partial charge is 0.246 e. The van der Waals surface area contributed by atoms with Crippen LogP contribution in [0.15, 0.2) is 48.8 Å². The van der Waals surface area contributed by atoms with Gasteiger partial charge in [0.05, 0.1) is 19.3 Å². The number of benzene rings is 1. The second-order valence-electron chi connectivity index (χ2n) is 6.03. The molecule has 1 aromatic carbocycles. The minimum atomic E-state index is -0.947. The van der Waals surface area contributed by atoms with Crippen molar-refractivity contribution in [2.75, 3.05) is 13.1 Å². The molecule has 2 aromatic rings. The summed E-state index contributed by atoms with van der Waals surface area (Å²) in [4.78, 5) is 14.1. The topological polar surface area (TPSA) is 71.2 Å². The zero-order chi connectivity index (χ0) is 16.3. The molecule has 6 nitrogen and oxygen atoms in total. The van der Waals surface area contributed by atoms with Crippen LogP contribution in [0.2, 0.25) is 0 Å². The lowest BCUT2D eigenvalue weighted by molar-refractivity contribution is -0.126. The van der Waals surface area contributed by atoms with Gasteiger partial charge in [-0.15, -0.1) is 5.10 Å². The van der Waals surface area contributed by atoms with E-state index in [4.69, 9.17) is 0 Å². The van der Waals surface area contributed by atoms with Crippen molar-refractivity contribution in [1.82, 2.24) is 19.9 Å². The van der Waals surface area contributed by atoms with Gasteiger partial charge >= 0.3 is 0 Å². The van der Waals surface area contributed by atoms with Gasteiger partial charge < -0.3 is 10.0 Å². The maximum atomic E-state index is 12.4. The molecule has 0 spiro atoms. The SMILES string of the molecule is C/C(=C\C(=O)N1CCC(O)(Cn2ccnn2)C1)c1ccccc1. The van der Waals surface area contributed by atoms with Gasteiger partial charge in [0.2, 0.25) is 5.91 Å². The number of carbonyl (C=O) groups excluding carboxylic acids is 1. The third kappa shape index (κ3) is 3.65. The Morgan fingerprint density at radius 3 is 2.87 bits per heavy atom. The molecule has 0 aliphatic carbocycles. The van der Waals surface area contributed by atoms with Crippen molar-refractivity contribution in [3.8, 4) is 0 Å². The molecule has 2 heterocycles. The number of aliphatic hydroxyl groups is 1. The summed E-state index contributed by atoms with van der Waals surface area (Å²) in [7, 11) is 0. The Hall–Kier alpha value is -2.47. The van der Waals surface area contributed by atoms with Crippen LogP contribution in [0.5, 0.6) is 0 Å². The lowest BCUT2D eigenvalue weighted by atomic mass is 10.0. The Balaban J connectivity index is 1.65. The van der Waals surface area contributed by atoms with Crippen LogP contribution in [-0.4, -0.2) is 49.6 Å². The molecule has 0 saturated carbocycles. The average molecular weight is 312 g/mol. The Morgan fingerprint density at radius 1 is 1.39 bits per heavy atom. The third-order valence-corrected chi connectivity index (χ3v) is 4.14. The molecule has 0 radical (unpaired) electrons. The van der Waals surface area contributed by atoms with Gasteiger partial charge in [0.1, 0.15) is 5.60 Å². The Morgan fingerprint density at radius 2 is 2.17 bits per heavy atom.